The number of ether oxygens (including phenoxy) is 2. The molecule has 35 heavy (non-hydrogen) atoms. The summed E-state index contributed by atoms with van der Waals surface area (Å²) in [5.74, 6) is -3.33. The van der Waals surface area contributed by atoms with E-state index in [-0.39, 0.29) is 21.9 Å². The van der Waals surface area contributed by atoms with Gasteiger partial charge in [-0.15, -0.1) is 0 Å². The van der Waals surface area contributed by atoms with Crippen molar-refractivity contribution < 1.29 is 31.9 Å². The zero-order valence-electron chi connectivity index (χ0n) is 17.5. The monoisotopic (exact) mass is 523 g/mol. The number of para-hydroxylation sites is 1. The zero-order chi connectivity index (χ0) is 25.2. The van der Waals surface area contributed by atoms with E-state index in [1.54, 1.807) is 30.3 Å². The number of alkyl halides is 3. The van der Waals surface area contributed by atoms with E-state index in [2.05, 4.69) is 5.32 Å². The molecule has 1 aromatic heterocycles. The van der Waals surface area contributed by atoms with Gasteiger partial charge in [-0.2, -0.15) is 13.2 Å². The largest absolute Gasteiger partial charge is 0.484 e. The lowest BCUT2D eigenvalue weighted by Crippen LogP contribution is -2.20. The smallest absolute Gasteiger partial charge is 0.453 e. The fraction of sp³-hybridized carbons (Fsp3) is 0.0833. The molecule has 0 spiro atoms. The maximum Gasteiger partial charge on any atom is 0.453 e. The Morgan fingerprint density at radius 1 is 1.00 bits per heavy atom. The summed E-state index contributed by atoms with van der Waals surface area (Å²) in [6, 6.07) is 15.7. The lowest BCUT2D eigenvalue weighted by molar-refractivity contribution is -0.154. The highest BCUT2D eigenvalue weighted by Crippen LogP contribution is 2.39. The molecule has 4 rings (SSSR count). The molecule has 0 aliphatic heterocycles. The Kier molecular flexibility index (Phi) is 6.90. The number of anilines is 1. The number of nitrogens with one attached hydrogen (secondary N) is 1. The second-order valence-electron chi connectivity index (χ2n) is 7.12. The predicted molar refractivity (Wildman–Crippen MR) is 125 cm³/mol. The Hall–Kier alpha value is -3.69. The van der Waals surface area contributed by atoms with Gasteiger partial charge in [0.15, 0.2) is 6.61 Å². The summed E-state index contributed by atoms with van der Waals surface area (Å²) in [5.41, 5.74) is -0.969. The third-order valence-electron chi connectivity index (χ3n) is 4.63. The van der Waals surface area contributed by atoms with Gasteiger partial charge in [0.1, 0.15) is 17.1 Å². The van der Waals surface area contributed by atoms with Crippen LogP contribution >= 0.6 is 23.2 Å². The highest BCUT2D eigenvalue weighted by Gasteiger charge is 2.40. The van der Waals surface area contributed by atoms with Crippen LogP contribution in [-0.4, -0.2) is 12.5 Å². The number of hydrogen-bond acceptors (Lipinski definition) is 5. The molecule has 0 saturated heterocycles. The highest BCUT2D eigenvalue weighted by atomic mass is 35.5. The molecule has 0 saturated carbocycles. The first-order valence-electron chi connectivity index (χ1n) is 9.90. The van der Waals surface area contributed by atoms with E-state index in [9.17, 15) is 22.8 Å². The van der Waals surface area contributed by atoms with Crippen molar-refractivity contribution in [2.75, 3.05) is 11.9 Å². The number of carbonyl (C=O) groups excluding carboxylic acids is 1. The molecule has 0 unspecified atom stereocenters. The molecular weight excluding hydrogens is 510 g/mol. The van der Waals surface area contributed by atoms with Crippen LogP contribution in [0.3, 0.4) is 0 Å². The van der Waals surface area contributed by atoms with Gasteiger partial charge in [0.05, 0.1) is 10.4 Å². The minimum absolute atomic E-state index is 0.0137. The third-order valence-corrected chi connectivity index (χ3v) is 5.19. The van der Waals surface area contributed by atoms with Crippen LogP contribution in [0.5, 0.6) is 17.2 Å². The first-order chi connectivity index (χ1) is 16.6. The highest BCUT2D eigenvalue weighted by molar-refractivity contribution is 6.32. The molecule has 3 aromatic carbocycles. The van der Waals surface area contributed by atoms with Gasteiger partial charge >= 0.3 is 6.18 Å². The van der Waals surface area contributed by atoms with Crippen LogP contribution in [0, 0.1) is 0 Å². The Morgan fingerprint density at radius 2 is 1.71 bits per heavy atom. The van der Waals surface area contributed by atoms with Gasteiger partial charge in [-0.3, -0.25) is 9.59 Å². The normalized spacial score (nSPS) is 11.3. The molecule has 1 N–H and O–H groups in total. The van der Waals surface area contributed by atoms with E-state index in [1.165, 1.54) is 30.3 Å². The number of rotatable bonds is 6. The van der Waals surface area contributed by atoms with Crippen molar-refractivity contribution >= 4 is 45.8 Å². The number of hydrogen-bond donors (Lipinski definition) is 1. The van der Waals surface area contributed by atoms with Crippen molar-refractivity contribution in [1.82, 2.24) is 0 Å². The SMILES string of the molecule is O=C(COc1ccc2c(=O)c(Oc3ccccc3Cl)c(C(F)(F)F)oc2c1)Nc1ccc(Cl)cc1. The van der Waals surface area contributed by atoms with Crippen molar-refractivity contribution in [2.24, 2.45) is 0 Å². The maximum absolute atomic E-state index is 13.7. The average Bonchev–Trinajstić information content (AvgIpc) is 2.81. The first-order valence-corrected chi connectivity index (χ1v) is 10.7. The van der Waals surface area contributed by atoms with Gasteiger partial charge in [0, 0.05) is 16.8 Å². The van der Waals surface area contributed by atoms with Gasteiger partial charge in [0.2, 0.25) is 11.2 Å². The molecule has 0 radical (unpaired) electrons. The van der Waals surface area contributed by atoms with E-state index in [4.69, 9.17) is 37.1 Å². The number of amides is 1. The van der Waals surface area contributed by atoms with E-state index in [1.807, 2.05) is 0 Å². The molecule has 0 atom stereocenters. The number of fused-ring (bicyclic) bond motifs is 1. The molecule has 0 bridgehead atoms. The topological polar surface area (TPSA) is 77.8 Å². The van der Waals surface area contributed by atoms with Crippen molar-refractivity contribution in [3.05, 3.63) is 92.8 Å². The van der Waals surface area contributed by atoms with E-state index < -0.39 is 41.2 Å². The van der Waals surface area contributed by atoms with Crippen LogP contribution in [0.25, 0.3) is 11.0 Å². The molecule has 1 amide bonds. The quantitative estimate of drug-likeness (QED) is 0.296. The summed E-state index contributed by atoms with van der Waals surface area (Å²) in [5, 5.41) is 2.91. The van der Waals surface area contributed by atoms with Crippen LogP contribution in [0.2, 0.25) is 10.0 Å². The predicted octanol–water partition coefficient (Wildman–Crippen LogP) is 6.93. The summed E-state index contributed by atoms with van der Waals surface area (Å²) in [4.78, 5) is 25.0. The summed E-state index contributed by atoms with van der Waals surface area (Å²) < 4.78 is 56.7. The maximum atomic E-state index is 13.7. The van der Waals surface area contributed by atoms with Crippen LogP contribution in [0.1, 0.15) is 5.76 Å². The van der Waals surface area contributed by atoms with Crippen LogP contribution in [0.4, 0.5) is 18.9 Å². The van der Waals surface area contributed by atoms with Crippen LogP contribution in [0.15, 0.2) is 75.9 Å². The van der Waals surface area contributed by atoms with Crippen molar-refractivity contribution in [3.63, 3.8) is 0 Å². The minimum Gasteiger partial charge on any atom is -0.484 e. The number of benzene rings is 3. The molecule has 0 aliphatic carbocycles. The lowest BCUT2D eigenvalue weighted by atomic mass is 10.2. The van der Waals surface area contributed by atoms with Crippen LogP contribution < -0.4 is 20.2 Å². The molecule has 0 aliphatic rings. The Bertz CT molecular complexity index is 1450. The van der Waals surface area contributed by atoms with E-state index in [0.29, 0.717) is 10.7 Å². The number of carbonyl (C=O) groups is 1. The minimum atomic E-state index is -5.04. The van der Waals surface area contributed by atoms with E-state index in [0.717, 1.165) is 6.07 Å². The van der Waals surface area contributed by atoms with Gasteiger partial charge in [0.25, 0.3) is 11.7 Å². The Labute approximate surface area is 205 Å². The molecule has 0 fully saturated rings. The standard InChI is InChI=1S/C24H14Cl2F3NO5/c25-13-5-7-14(8-6-13)30-20(31)12-33-15-9-10-16-19(11-15)35-23(24(27,28)29)22(21(16)32)34-18-4-2-1-3-17(18)26/h1-11H,12H2,(H,30,31). The molecule has 4 aromatic rings. The fourth-order valence-corrected chi connectivity index (χ4v) is 3.34. The molecule has 1 heterocycles. The summed E-state index contributed by atoms with van der Waals surface area (Å²) in [7, 11) is 0. The van der Waals surface area contributed by atoms with Gasteiger partial charge in [-0.05, 0) is 48.5 Å². The fourth-order valence-electron chi connectivity index (χ4n) is 3.04. The van der Waals surface area contributed by atoms with Crippen molar-refractivity contribution in [3.8, 4) is 17.2 Å². The van der Waals surface area contributed by atoms with Gasteiger partial charge < -0.3 is 19.2 Å². The third kappa shape index (κ3) is 5.70. The van der Waals surface area contributed by atoms with Crippen molar-refractivity contribution in [1.29, 1.82) is 0 Å². The zero-order valence-corrected chi connectivity index (χ0v) is 19.0. The number of halogens is 5. The second-order valence-corrected chi connectivity index (χ2v) is 7.97. The summed E-state index contributed by atoms with van der Waals surface area (Å²) >= 11 is 11.7. The molecule has 180 valence electrons. The van der Waals surface area contributed by atoms with Crippen LogP contribution in [-0.2, 0) is 11.0 Å². The second kappa shape index (κ2) is 9.89. The lowest BCUT2D eigenvalue weighted by Gasteiger charge is -2.14. The molecule has 6 nitrogen and oxygen atoms in total. The summed E-state index contributed by atoms with van der Waals surface area (Å²) in [6.07, 6.45) is -5.04. The molecule has 11 heteroatoms. The average molecular weight is 524 g/mol. The molecular formula is C24H14Cl2F3NO5. The summed E-state index contributed by atoms with van der Waals surface area (Å²) in [6.45, 7) is -0.446. The van der Waals surface area contributed by atoms with Gasteiger partial charge in [-0.1, -0.05) is 35.3 Å². The first kappa shape index (κ1) is 24.4. The van der Waals surface area contributed by atoms with E-state index >= 15 is 0 Å². The van der Waals surface area contributed by atoms with Gasteiger partial charge in [-0.25, -0.2) is 0 Å². The Morgan fingerprint density at radius 3 is 2.40 bits per heavy atom. The Balaban J connectivity index is 1.61. The van der Waals surface area contributed by atoms with Crippen molar-refractivity contribution in [2.45, 2.75) is 6.18 Å².